The third kappa shape index (κ3) is 2.83. The maximum atomic E-state index is 13.1. The lowest BCUT2D eigenvalue weighted by molar-refractivity contribution is -0.136. The van der Waals surface area contributed by atoms with Crippen molar-refractivity contribution >= 4 is 17.8 Å². The standard InChI is InChI=1S/C19H19N3O5/c1-12(14-7-4-9-26-14)20-16(23)11-22-17(24)19(21-18(22)25)8-10-27-15-6-3-2-5-13(15)19/h2-7,9,12H,8,10-11H2,1H3,(H,20,23)(H,21,25)/t12-,19-/m1/s1. The zero-order valence-electron chi connectivity index (χ0n) is 14.7. The van der Waals surface area contributed by atoms with Crippen molar-refractivity contribution in [2.45, 2.75) is 24.9 Å². The molecule has 1 aromatic carbocycles. The van der Waals surface area contributed by atoms with Crippen LogP contribution in [0, 0.1) is 0 Å². The van der Waals surface area contributed by atoms with Crippen molar-refractivity contribution in [2.75, 3.05) is 13.2 Å². The molecule has 2 aliphatic rings. The van der Waals surface area contributed by atoms with Crippen LogP contribution in [-0.2, 0) is 15.1 Å². The first-order chi connectivity index (χ1) is 13.0. The van der Waals surface area contributed by atoms with E-state index in [1.54, 1.807) is 43.3 Å². The van der Waals surface area contributed by atoms with Crippen LogP contribution >= 0.6 is 0 Å². The van der Waals surface area contributed by atoms with E-state index in [2.05, 4.69) is 10.6 Å². The van der Waals surface area contributed by atoms with E-state index in [9.17, 15) is 14.4 Å². The molecule has 4 amide bonds. The summed E-state index contributed by atoms with van der Waals surface area (Å²) < 4.78 is 10.8. The largest absolute Gasteiger partial charge is 0.493 e. The maximum absolute atomic E-state index is 13.1. The monoisotopic (exact) mass is 369 g/mol. The van der Waals surface area contributed by atoms with Gasteiger partial charge in [0.25, 0.3) is 5.91 Å². The quantitative estimate of drug-likeness (QED) is 0.799. The number of amides is 4. The normalized spacial score (nSPS) is 22.2. The molecule has 27 heavy (non-hydrogen) atoms. The number of urea groups is 1. The number of benzene rings is 1. The van der Waals surface area contributed by atoms with Crippen LogP contribution in [0.2, 0.25) is 0 Å². The molecule has 3 heterocycles. The number of hydrogen-bond acceptors (Lipinski definition) is 5. The van der Waals surface area contributed by atoms with Gasteiger partial charge in [-0.25, -0.2) is 4.79 Å². The van der Waals surface area contributed by atoms with E-state index < -0.39 is 23.4 Å². The Balaban J connectivity index is 1.52. The minimum atomic E-state index is -1.18. The van der Waals surface area contributed by atoms with Gasteiger partial charge in [0.1, 0.15) is 18.1 Å². The van der Waals surface area contributed by atoms with Crippen LogP contribution in [0.4, 0.5) is 4.79 Å². The number of furan rings is 1. The molecular weight excluding hydrogens is 350 g/mol. The minimum absolute atomic E-state index is 0.304. The molecule has 0 bridgehead atoms. The average molecular weight is 369 g/mol. The number of imide groups is 1. The molecule has 2 N–H and O–H groups in total. The van der Waals surface area contributed by atoms with Crippen LogP contribution in [0.25, 0.3) is 0 Å². The van der Waals surface area contributed by atoms with Crippen molar-refractivity contribution in [2.24, 2.45) is 0 Å². The van der Waals surface area contributed by atoms with Crippen molar-refractivity contribution in [3.8, 4) is 5.75 Å². The predicted molar refractivity (Wildman–Crippen MR) is 93.7 cm³/mol. The highest BCUT2D eigenvalue weighted by Gasteiger charge is 2.55. The van der Waals surface area contributed by atoms with E-state index in [1.807, 2.05) is 0 Å². The second-order valence-corrected chi connectivity index (χ2v) is 6.63. The lowest BCUT2D eigenvalue weighted by atomic mass is 9.84. The van der Waals surface area contributed by atoms with Crippen LogP contribution in [-0.4, -0.2) is 35.9 Å². The first-order valence-electron chi connectivity index (χ1n) is 8.70. The number of ether oxygens (including phenoxy) is 1. The van der Waals surface area contributed by atoms with Crippen LogP contribution in [0.3, 0.4) is 0 Å². The molecule has 0 unspecified atom stereocenters. The van der Waals surface area contributed by atoms with Crippen molar-refractivity contribution < 1.29 is 23.5 Å². The van der Waals surface area contributed by atoms with E-state index in [4.69, 9.17) is 9.15 Å². The summed E-state index contributed by atoms with van der Waals surface area (Å²) in [5, 5.41) is 5.50. The number of para-hydroxylation sites is 1. The van der Waals surface area contributed by atoms with Crippen molar-refractivity contribution in [1.82, 2.24) is 15.5 Å². The minimum Gasteiger partial charge on any atom is -0.493 e. The molecule has 4 rings (SSSR count). The molecule has 1 aromatic heterocycles. The van der Waals surface area contributed by atoms with Crippen molar-refractivity contribution in [1.29, 1.82) is 0 Å². The molecule has 8 heteroatoms. The summed E-state index contributed by atoms with van der Waals surface area (Å²) in [7, 11) is 0. The van der Waals surface area contributed by atoms with Crippen LogP contribution in [0.15, 0.2) is 47.1 Å². The fraction of sp³-hybridized carbons (Fsp3) is 0.316. The number of carbonyl (C=O) groups excluding carboxylic acids is 3. The van der Waals surface area contributed by atoms with Gasteiger partial charge in [0.2, 0.25) is 5.91 Å². The smallest absolute Gasteiger partial charge is 0.325 e. The second kappa shape index (κ2) is 6.46. The summed E-state index contributed by atoms with van der Waals surface area (Å²) in [6.45, 7) is 1.71. The Kier molecular flexibility index (Phi) is 4.10. The van der Waals surface area contributed by atoms with Crippen LogP contribution < -0.4 is 15.4 Å². The highest BCUT2D eigenvalue weighted by atomic mass is 16.5. The van der Waals surface area contributed by atoms with Gasteiger partial charge in [0.15, 0.2) is 5.54 Å². The topological polar surface area (TPSA) is 101 Å². The predicted octanol–water partition coefficient (Wildman–Crippen LogP) is 1.69. The highest BCUT2D eigenvalue weighted by Crippen LogP contribution is 2.40. The Hall–Kier alpha value is -3.29. The Morgan fingerprint density at radius 1 is 1.30 bits per heavy atom. The molecule has 2 atom stereocenters. The van der Waals surface area contributed by atoms with E-state index in [1.165, 1.54) is 6.26 Å². The van der Waals surface area contributed by atoms with E-state index in [0.717, 1.165) is 4.90 Å². The molecular formula is C19H19N3O5. The Morgan fingerprint density at radius 2 is 2.11 bits per heavy atom. The van der Waals surface area contributed by atoms with Crippen LogP contribution in [0.1, 0.15) is 30.7 Å². The molecule has 0 saturated carbocycles. The molecule has 2 aliphatic heterocycles. The molecule has 1 spiro atoms. The summed E-state index contributed by atoms with van der Waals surface area (Å²) in [5.41, 5.74) is -0.569. The first-order valence-corrected chi connectivity index (χ1v) is 8.70. The number of nitrogens with zero attached hydrogens (tertiary/aromatic N) is 1. The molecule has 0 aliphatic carbocycles. The number of rotatable bonds is 4. The van der Waals surface area contributed by atoms with Crippen molar-refractivity contribution in [3.05, 3.63) is 54.0 Å². The summed E-state index contributed by atoms with van der Waals surface area (Å²) in [5.74, 6) is 0.273. The summed E-state index contributed by atoms with van der Waals surface area (Å²) in [6, 6.07) is 9.62. The van der Waals surface area contributed by atoms with Gasteiger partial charge in [-0.2, -0.15) is 0 Å². The van der Waals surface area contributed by atoms with E-state index in [-0.39, 0.29) is 12.6 Å². The van der Waals surface area contributed by atoms with Crippen LogP contribution in [0.5, 0.6) is 5.75 Å². The summed E-state index contributed by atoms with van der Waals surface area (Å²) in [6.07, 6.45) is 1.83. The number of nitrogens with one attached hydrogen (secondary N) is 2. The molecule has 8 nitrogen and oxygen atoms in total. The number of carbonyl (C=O) groups is 3. The molecule has 0 radical (unpaired) electrons. The van der Waals surface area contributed by atoms with Gasteiger partial charge >= 0.3 is 6.03 Å². The fourth-order valence-electron chi connectivity index (χ4n) is 3.56. The SMILES string of the molecule is C[C@@H](NC(=O)CN1C(=O)N[C@@]2(CCOc3ccccc32)C1=O)c1ccco1. The lowest BCUT2D eigenvalue weighted by Crippen LogP contribution is -2.48. The Bertz CT molecular complexity index is 895. The molecule has 1 saturated heterocycles. The first kappa shape index (κ1) is 17.1. The maximum Gasteiger partial charge on any atom is 0.325 e. The lowest BCUT2D eigenvalue weighted by Gasteiger charge is -2.33. The van der Waals surface area contributed by atoms with Gasteiger partial charge in [-0.1, -0.05) is 18.2 Å². The average Bonchev–Trinajstić information content (AvgIpc) is 3.27. The van der Waals surface area contributed by atoms with Gasteiger partial charge in [-0.15, -0.1) is 0 Å². The zero-order chi connectivity index (χ0) is 19.0. The second-order valence-electron chi connectivity index (χ2n) is 6.63. The van der Waals surface area contributed by atoms with Crippen molar-refractivity contribution in [3.63, 3.8) is 0 Å². The highest BCUT2D eigenvalue weighted by molar-refractivity contribution is 6.09. The molecule has 1 fully saturated rings. The van der Waals surface area contributed by atoms with Gasteiger partial charge < -0.3 is 19.8 Å². The van der Waals surface area contributed by atoms with Gasteiger partial charge in [0.05, 0.1) is 18.9 Å². The Morgan fingerprint density at radius 3 is 2.89 bits per heavy atom. The van der Waals surface area contributed by atoms with Gasteiger partial charge in [-0.3, -0.25) is 14.5 Å². The Labute approximate surface area is 155 Å². The third-order valence-electron chi connectivity index (χ3n) is 4.91. The number of fused-ring (bicyclic) bond motifs is 2. The van der Waals surface area contributed by atoms with E-state index >= 15 is 0 Å². The zero-order valence-corrected chi connectivity index (χ0v) is 14.7. The van der Waals surface area contributed by atoms with Gasteiger partial charge in [-0.05, 0) is 25.1 Å². The number of hydrogen-bond donors (Lipinski definition) is 2. The third-order valence-corrected chi connectivity index (χ3v) is 4.91. The molecule has 140 valence electrons. The summed E-state index contributed by atoms with van der Waals surface area (Å²) in [4.78, 5) is 38.9. The fourth-order valence-corrected chi connectivity index (χ4v) is 3.56. The van der Waals surface area contributed by atoms with E-state index in [0.29, 0.717) is 30.1 Å². The van der Waals surface area contributed by atoms with Gasteiger partial charge in [0, 0.05) is 12.0 Å². The summed E-state index contributed by atoms with van der Waals surface area (Å²) >= 11 is 0. The molecule has 2 aromatic rings.